The van der Waals surface area contributed by atoms with Crippen LogP contribution in [0.25, 0.3) is 0 Å². The zero-order valence-corrected chi connectivity index (χ0v) is 11.7. The predicted octanol–water partition coefficient (Wildman–Crippen LogP) is 0.271. The maximum atomic E-state index is 11.8. The summed E-state index contributed by atoms with van der Waals surface area (Å²) < 4.78 is 0. The summed E-state index contributed by atoms with van der Waals surface area (Å²) in [6.07, 6.45) is 2.67. The average molecular weight is 276 g/mol. The molecule has 3 atom stereocenters. The van der Waals surface area contributed by atoms with E-state index >= 15 is 0 Å². The van der Waals surface area contributed by atoms with Crippen LogP contribution in [0, 0.1) is 5.92 Å². The summed E-state index contributed by atoms with van der Waals surface area (Å²) in [5.74, 6) is -0.0817. The molecule has 0 aromatic carbocycles. The van der Waals surface area contributed by atoms with Gasteiger partial charge in [0.25, 0.3) is 0 Å². The molecule has 3 N–H and O–H groups in total. The van der Waals surface area contributed by atoms with Gasteiger partial charge in [-0.15, -0.1) is 12.4 Å². The molecule has 0 radical (unpaired) electrons. The van der Waals surface area contributed by atoms with Crippen LogP contribution in [0.3, 0.4) is 0 Å². The molecular formula is C12H22ClN3O2. The van der Waals surface area contributed by atoms with Gasteiger partial charge in [-0.25, -0.2) is 0 Å². The summed E-state index contributed by atoms with van der Waals surface area (Å²) in [6, 6.07) is 0.249. The maximum Gasteiger partial charge on any atom is 0.225 e. The molecule has 5 nitrogen and oxygen atoms in total. The number of nitrogens with two attached hydrogens (primary N) is 1. The van der Waals surface area contributed by atoms with E-state index in [1.165, 1.54) is 0 Å². The fourth-order valence-electron chi connectivity index (χ4n) is 2.14. The molecule has 1 saturated carbocycles. The first-order chi connectivity index (χ1) is 7.99. The Balaban J connectivity index is 0.00000162. The summed E-state index contributed by atoms with van der Waals surface area (Å²) in [7, 11) is 0. The standard InChI is InChI=1S/C12H21N3O2.ClH/c1-7(8(2)13)12(17)14-9-5-11(16)15(6-9)10-3-4-10;/h7-10H,3-6,13H2,1-2H3,(H,14,17);1H. The first kappa shape index (κ1) is 15.2. The Morgan fingerprint density at radius 3 is 2.56 bits per heavy atom. The molecular weight excluding hydrogens is 254 g/mol. The van der Waals surface area contributed by atoms with Crippen molar-refractivity contribution in [2.45, 2.75) is 51.2 Å². The van der Waals surface area contributed by atoms with Crippen LogP contribution in [0.5, 0.6) is 0 Å². The zero-order chi connectivity index (χ0) is 12.6. The van der Waals surface area contributed by atoms with Crippen LogP contribution in [0.15, 0.2) is 0 Å². The third-order valence-electron chi connectivity index (χ3n) is 3.69. The number of hydrogen-bond donors (Lipinski definition) is 2. The highest BCUT2D eigenvalue weighted by molar-refractivity contribution is 5.85. The lowest BCUT2D eigenvalue weighted by Crippen LogP contribution is -2.44. The van der Waals surface area contributed by atoms with E-state index in [4.69, 9.17) is 5.73 Å². The van der Waals surface area contributed by atoms with Gasteiger partial charge in [0.05, 0.1) is 6.04 Å². The van der Waals surface area contributed by atoms with Crippen molar-refractivity contribution in [3.8, 4) is 0 Å². The molecule has 1 saturated heterocycles. The van der Waals surface area contributed by atoms with Gasteiger partial charge >= 0.3 is 0 Å². The molecule has 1 aliphatic heterocycles. The van der Waals surface area contributed by atoms with Crippen LogP contribution < -0.4 is 11.1 Å². The van der Waals surface area contributed by atoms with Crippen molar-refractivity contribution in [2.75, 3.05) is 6.54 Å². The van der Waals surface area contributed by atoms with Crippen LogP contribution in [-0.4, -0.2) is 41.4 Å². The SMILES string of the molecule is CC(N)C(C)C(=O)NC1CC(=O)N(C2CC2)C1.Cl. The number of hydrogen-bond acceptors (Lipinski definition) is 3. The van der Waals surface area contributed by atoms with Crippen molar-refractivity contribution < 1.29 is 9.59 Å². The number of likely N-dealkylation sites (tertiary alicyclic amines) is 1. The monoisotopic (exact) mass is 275 g/mol. The van der Waals surface area contributed by atoms with E-state index < -0.39 is 0 Å². The van der Waals surface area contributed by atoms with Crippen molar-refractivity contribution in [2.24, 2.45) is 11.7 Å². The molecule has 104 valence electrons. The molecule has 2 amide bonds. The molecule has 3 unspecified atom stereocenters. The van der Waals surface area contributed by atoms with Gasteiger partial charge in [0.15, 0.2) is 0 Å². The predicted molar refractivity (Wildman–Crippen MR) is 71.3 cm³/mol. The van der Waals surface area contributed by atoms with Gasteiger partial charge < -0.3 is 16.0 Å². The van der Waals surface area contributed by atoms with E-state index in [-0.39, 0.29) is 42.2 Å². The lowest BCUT2D eigenvalue weighted by molar-refractivity contribution is -0.128. The Kier molecular flexibility index (Phi) is 4.99. The van der Waals surface area contributed by atoms with Crippen LogP contribution in [0.2, 0.25) is 0 Å². The zero-order valence-electron chi connectivity index (χ0n) is 10.9. The molecule has 0 aromatic rings. The van der Waals surface area contributed by atoms with Gasteiger partial charge in [-0.05, 0) is 19.8 Å². The minimum absolute atomic E-state index is 0. The molecule has 1 heterocycles. The van der Waals surface area contributed by atoms with E-state index in [1.807, 2.05) is 18.7 Å². The Morgan fingerprint density at radius 1 is 1.44 bits per heavy atom. The van der Waals surface area contributed by atoms with Crippen LogP contribution in [-0.2, 0) is 9.59 Å². The van der Waals surface area contributed by atoms with Gasteiger partial charge in [-0.1, -0.05) is 6.92 Å². The van der Waals surface area contributed by atoms with Crippen molar-refractivity contribution in [3.05, 3.63) is 0 Å². The van der Waals surface area contributed by atoms with Gasteiger partial charge in [0.2, 0.25) is 11.8 Å². The van der Waals surface area contributed by atoms with Crippen LogP contribution >= 0.6 is 12.4 Å². The fraction of sp³-hybridized carbons (Fsp3) is 0.833. The van der Waals surface area contributed by atoms with Gasteiger partial charge in [-0.2, -0.15) is 0 Å². The second kappa shape index (κ2) is 5.89. The van der Waals surface area contributed by atoms with Crippen LogP contribution in [0.4, 0.5) is 0 Å². The first-order valence-corrected chi connectivity index (χ1v) is 6.34. The number of halogens is 1. The summed E-state index contributed by atoms with van der Waals surface area (Å²) in [5, 5.41) is 2.92. The summed E-state index contributed by atoms with van der Waals surface area (Å²) in [4.78, 5) is 25.4. The summed E-state index contributed by atoms with van der Waals surface area (Å²) in [5.41, 5.74) is 5.69. The molecule has 2 aliphatic rings. The van der Waals surface area contributed by atoms with E-state index in [0.717, 1.165) is 12.8 Å². The Bertz CT molecular complexity index is 331. The molecule has 2 rings (SSSR count). The number of rotatable bonds is 4. The second-order valence-electron chi connectivity index (χ2n) is 5.33. The molecule has 0 bridgehead atoms. The fourth-order valence-corrected chi connectivity index (χ4v) is 2.14. The third kappa shape index (κ3) is 3.36. The maximum absolute atomic E-state index is 11.8. The number of nitrogens with one attached hydrogen (secondary N) is 1. The van der Waals surface area contributed by atoms with Crippen LogP contribution in [0.1, 0.15) is 33.1 Å². The largest absolute Gasteiger partial charge is 0.351 e. The molecule has 18 heavy (non-hydrogen) atoms. The minimum Gasteiger partial charge on any atom is -0.351 e. The molecule has 0 spiro atoms. The lowest BCUT2D eigenvalue weighted by Gasteiger charge is -2.19. The van der Waals surface area contributed by atoms with Crippen molar-refractivity contribution in [1.82, 2.24) is 10.2 Å². The number of carbonyl (C=O) groups excluding carboxylic acids is 2. The summed E-state index contributed by atoms with van der Waals surface area (Å²) in [6.45, 7) is 4.30. The Labute approximate surface area is 114 Å². The van der Waals surface area contributed by atoms with E-state index in [2.05, 4.69) is 5.32 Å². The molecule has 6 heteroatoms. The highest BCUT2D eigenvalue weighted by Gasteiger charge is 2.40. The molecule has 2 fully saturated rings. The Morgan fingerprint density at radius 2 is 2.06 bits per heavy atom. The van der Waals surface area contributed by atoms with Gasteiger partial charge in [0.1, 0.15) is 0 Å². The van der Waals surface area contributed by atoms with E-state index in [0.29, 0.717) is 19.0 Å². The quantitative estimate of drug-likeness (QED) is 0.773. The lowest BCUT2D eigenvalue weighted by atomic mass is 10.0. The van der Waals surface area contributed by atoms with E-state index in [9.17, 15) is 9.59 Å². The normalized spacial score (nSPS) is 26.5. The Hall–Kier alpha value is -0.810. The topological polar surface area (TPSA) is 75.4 Å². The molecule has 1 aliphatic carbocycles. The van der Waals surface area contributed by atoms with Gasteiger partial charge in [-0.3, -0.25) is 9.59 Å². The highest BCUT2D eigenvalue weighted by Crippen LogP contribution is 2.30. The number of nitrogens with zero attached hydrogens (tertiary/aromatic N) is 1. The first-order valence-electron chi connectivity index (χ1n) is 6.34. The van der Waals surface area contributed by atoms with Crippen molar-refractivity contribution in [1.29, 1.82) is 0 Å². The minimum atomic E-state index is -0.208. The average Bonchev–Trinajstić information content (AvgIpc) is 3.03. The summed E-state index contributed by atoms with van der Waals surface area (Å²) >= 11 is 0. The van der Waals surface area contributed by atoms with E-state index in [1.54, 1.807) is 0 Å². The number of amides is 2. The smallest absolute Gasteiger partial charge is 0.225 e. The second-order valence-corrected chi connectivity index (χ2v) is 5.33. The molecule has 0 aromatic heterocycles. The van der Waals surface area contributed by atoms with Gasteiger partial charge in [0, 0.05) is 31.0 Å². The van der Waals surface area contributed by atoms with Crippen molar-refractivity contribution >= 4 is 24.2 Å². The van der Waals surface area contributed by atoms with Crippen molar-refractivity contribution in [3.63, 3.8) is 0 Å². The third-order valence-corrected chi connectivity index (χ3v) is 3.69. The number of carbonyl (C=O) groups is 2. The highest BCUT2D eigenvalue weighted by atomic mass is 35.5.